The van der Waals surface area contributed by atoms with E-state index < -0.39 is 17.9 Å². The molecule has 0 radical (unpaired) electrons. The maximum Gasteiger partial charge on any atom is 0.338 e. The summed E-state index contributed by atoms with van der Waals surface area (Å²) in [7, 11) is 0. The van der Waals surface area contributed by atoms with E-state index in [0.29, 0.717) is 40.1 Å². The maximum absolute atomic E-state index is 12.7. The molecule has 0 spiro atoms. The largest absolute Gasteiger partial charge is 0.487 e. The Morgan fingerprint density at radius 1 is 1.05 bits per heavy atom. The molecule has 12 heteroatoms. The Labute approximate surface area is 272 Å². The average molecular weight is 730 g/mol. The van der Waals surface area contributed by atoms with Crippen LogP contribution in [-0.4, -0.2) is 36.4 Å². The Kier molecular flexibility index (Phi) is 11.3. The van der Waals surface area contributed by atoms with Crippen LogP contribution in [0.4, 0.5) is 0 Å². The van der Waals surface area contributed by atoms with Crippen molar-refractivity contribution in [1.82, 2.24) is 16.1 Å². The summed E-state index contributed by atoms with van der Waals surface area (Å²) in [4.78, 5) is 25.3. The summed E-state index contributed by atoms with van der Waals surface area (Å²) in [5.74, 6) is 0.133. The number of thiocarbonyl (C=S) groups is 1. The van der Waals surface area contributed by atoms with E-state index >= 15 is 0 Å². The summed E-state index contributed by atoms with van der Waals surface area (Å²) in [6, 6.07) is 18.3. The number of hydrogen-bond acceptors (Lipinski definition) is 7. The highest BCUT2D eigenvalue weighted by Gasteiger charge is 2.32. The van der Waals surface area contributed by atoms with Gasteiger partial charge in [-0.15, -0.1) is 0 Å². The van der Waals surface area contributed by atoms with Gasteiger partial charge in [-0.1, -0.05) is 48.0 Å². The van der Waals surface area contributed by atoms with Crippen molar-refractivity contribution in [1.29, 1.82) is 0 Å². The van der Waals surface area contributed by atoms with Gasteiger partial charge in [-0.3, -0.25) is 4.79 Å². The van der Waals surface area contributed by atoms with Crippen LogP contribution in [-0.2, 0) is 20.9 Å². The highest BCUT2D eigenvalue weighted by atomic mass is 79.9. The minimum Gasteiger partial charge on any atom is -0.487 e. The van der Waals surface area contributed by atoms with Crippen molar-refractivity contribution in [3.8, 4) is 11.5 Å². The summed E-state index contributed by atoms with van der Waals surface area (Å²) in [6.45, 7) is 5.88. The van der Waals surface area contributed by atoms with Gasteiger partial charge in [0.15, 0.2) is 11.7 Å². The summed E-state index contributed by atoms with van der Waals surface area (Å²) in [5, 5.41) is 10.5. The van der Waals surface area contributed by atoms with Crippen LogP contribution in [0, 0.1) is 6.92 Å². The first-order valence-corrected chi connectivity index (χ1v) is 15.3. The highest BCUT2D eigenvalue weighted by Crippen LogP contribution is 2.35. The molecule has 1 heterocycles. The Morgan fingerprint density at radius 3 is 2.44 bits per heavy atom. The maximum atomic E-state index is 12.7. The SMILES string of the molecule is CCOC(=O)C1=C(C)NC(=S)N[C@@H]1c1ccccc1OCC(=O)NN=Cc1cc(Br)c(OCc2ccc(C)cc2)c(Br)c1. The van der Waals surface area contributed by atoms with E-state index in [-0.39, 0.29) is 13.2 Å². The monoisotopic (exact) mass is 728 g/mol. The van der Waals surface area contributed by atoms with Crippen LogP contribution in [0.1, 0.15) is 42.1 Å². The van der Waals surface area contributed by atoms with E-state index in [2.05, 4.69) is 53.0 Å². The lowest BCUT2D eigenvalue weighted by Gasteiger charge is -2.30. The van der Waals surface area contributed by atoms with Gasteiger partial charge >= 0.3 is 5.97 Å². The van der Waals surface area contributed by atoms with Crippen molar-refractivity contribution in [2.75, 3.05) is 13.2 Å². The fourth-order valence-electron chi connectivity index (χ4n) is 4.24. The van der Waals surface area contributed by atoms with Crippen LogP contribution in [0.3, 0.4) is 0 Å². The minimum atomic E-state index is -0.620. The highest BCUT2D eigenvalue weighted by molar-refractivity contribution is 9.11. The number of rotatable bonds is 11. The summed E-state index contributed by atoms with van der Waals surface area (Å²) in [6.07, 6.45) is 1.52. The zero-order valence-corrected chi connectivity index (χ0v) is 27.7. The molecule has 1 aliphatic rings. The number of hydrazone groups is 1. The summed E-state index contributed by atoms with van der Waals surface area (Å²) < 4.78 is 18.6. The van der Waals surface area contributed by atoms with Crippen molar-refractivity contribution in [3.05, 3.63) is 103 Å². The number of allylic oxidation sites excluding steroid dienone is 1. The number of benzene rings is 3. The van der Waals surface area contributed by atoms with E-state index in [4.69, 9.17) is 26.4 Å². The fraction of sp³-hybridized carbons (Fsp3) is 0.226. The topological polar surface area (TPSA) is 110 Å². The van der Waals surface area contributed by atoms with Gasteiger partial charge in [0, 0.05) is 11.3 Å². The predicted octanol–water partition coefficient (Wildman–Crippen LogP) is 5.98. The zero-order valence-electron chi connectivity index (χ0n) is 23.7. The Morgan fingerprint density at radius 2 is 1.74 bits per heavy atom. The van der Waals surface area contributed by atoms with E-state index in [1.165, 1.54) is 11.8 Å². The van der Waals surface area contributed by atoms with Gasteiger partial charge in [0.2, 0.25) is 0 Å². The first-order chi connectivity index (χ1) is 20.7. The Hall–Kier alpha value is -3.74. The number of para-hydroxylation sites is 1. The number of carbonyl (C=O) groups excluding carboxylic acids is 2. The van der Waals surface area contributed by atoms with Crippen molar-refractivity contribution in [2.45, 2.75) is 33.4 Å². The molecule has 0 aliphatic carbocycles. The molecule has 0 fully saturated rings. The summed E-state index contributed by atoms with van der Waals surface area (Å²) >= 11 is 12.4. The summed E-state index contributed by atoms with van der Waals surface area (Å²) in [5.41, 5.74) is 7.05. The van der Waals surface area contributed by atoms with Crippen molar-refractivity contribution in [3.63, 3.8) is 0 Å². The van der Waals surface area contributed by atoms with Crippen LogP contribution >= 0.6 is 44.1 Å². The molecule has 0 saturated heterocycles. The molecule has 4 rings (SSSR count). The van der Waals surface area contributed by atoms with Crippen molar-refractivity contribution < 1.29 is 23.8 Å². The second-order valence-electron chi connectivity index (χ2n) is 9.50. The number of ether oxygens (including phenoxy) is 3. The fourth-order valence-corrected chi connectivity index (χ4v) is 5.96. The third-order valence-electron chi connectivity index (χ3n) is 6.28. The molecular weight excluding hydrogens is 700 g/mol. The molecule has 224 valence electrons. The number of amides is 1. The van der Waals surface area contributed by atoms with E-state index in [0.717, 1.165) is 20.1 Å². The van der Waals surface area contributed by atoms with Gasteiger partial charge < -0.3 is 24.8 Å². The molecule has 3 aromatic rings. The number of hydrogen-bond donors (Lipinski definition) is 3. The quantitative estimate of drug-likeness (QED) is 0.0957. The van der Waals surface area contributed by atoms with E-state index in [1.807, 2.05) is 49.4 Å². The molecule has 0 saturated carbocycles. The second kappa shape index (κ2) is 15.1. The lowest BCUT2D eigenvalue weighted by molar-refractivity contribution is -0.139. The number of nitrogens with one attached hydrogen (secondary N) is 3. The molecule has 0 unspecified atom stereocenters. The van der Waals surface area contributed by atoms with Crippen LogP contribution in [0.2, 0.25) is 0 Å². The lowest BCUT2D eigenvalue weighted by Crippen LogP contribution is -2.45. The average Bonchev–Trinajstić information content (AvgIpc) is 2.96. The number of carbonyl (C=O) groups is 2. The molecule has 0 bridgehead atoms. The smallest absolute Gasteiger partial charge is 0.338 e. The lowest BCUT2D eigenvalue weighted by atomic mass is 9.95. The number of halogens is 2. The number of aryl methyl sites for hydroxylation is 1. The third-order valence-corrected chi connectivity index (χ3v) is 7.68. The van der Waals surface area contributed by atoms with Crippen LogP contribution in [0.5, 0.6) is 11.5 Å². The van der Waals surface area contributed by atoms with Crippen LogP contribution < -0.4 is 25.5 Å². The standard InChI is InChI=1S/C31H30Br2N4O5S/c1-4-40-30(39)27-19(3)35-31(43)36-28(27)22-7-5-6-8-25(22)41-17-26(38)37-34-15-21-13-23(32)29(24(33)14-21)42-16-20-11-9-18(2)10-12-20/h5-15,28H,4,16-17H2,1-3H3,(H,37,38)(H2,35,36,43)/t28-/m1/s1. The van der Waals surface area contributed by atoms with Gasteiger partial charge in [0.25, 0.3) is 5.91 Å². The van der Waals surface area contributed by atoms with Gasteiger partial charge in [-0.05, 0) is 94.2 Å². The first-order valence-electron chi connectivity index (χ1n) is 13.3. The molecule has 0 aromatic heterocycles. The van der Waals surface area contributed by atoms with Crippen LogP contribution in [0.25, 0.3) is 0 Å². The van der Waals surface area contributed by atoms with Gasteiger partial charge in [0.1, 0.15) is 18.1 Å². The molecular formula is C31H30Br2N4O5S. The Bertz CT molecular complexity index is 1550. The van der Waals surface area contributed by atoms with Crippen LogP contribution in [0.15, 0.2) is 86.0 Å². The van der Waals surface area contributed by atoms with Crippen molar-refractivity contribution >= 4 is 67.3 Å². The second-order valence-corrected chi connectivity index (χ2v) is 11.6. The predicted molar refractivity (Wildman–Crippen MR) is 176 cm³/mol. The zero-order chi connectivity index (χ0) is 30.9. The molecule has 9 nitrogen and oxygen atoms in total. The first kappa shape index (κ1) is 32.2. The van der Waals surface area contributed by atoms with Gasteiger partial charge in [-0.25, -0.2) is 10.2 Å². The van der Waals surface area contributed by atoms with Crippen molar-refractivity contribution in [2.24, 2.45) is 5.10 Å². The number of esters is 1. The van der Waals surface area contributed by atoms with Gasteiger partial charge in [0.05, 0.1) is 33.4 Å². The van der Waals surface area contributed by atoms with E-state index in [1.54, 1.807) is 32.0 Å². The molecule has 3 N–H and O–H groups in total. The number of nitrogens with zero attached hydrogens (tertiary/aromatic N) is 1. The van der Waals surface area contributed by atoms with E-state index in [9.17, 15) is 9.59 Å². The normalized spacial score (nSPS) is 14.6. The molecule has 1 atom stereocenters. The third kappa shape index (κ3) is 8.65. The molecule has 1 aliphatic heterocycles. The molecule has 3 aromatic carbocycles. The molecule has 1 amide bonds. The Balaban J connectivity index is 1.37. The van der Waals surface area contributed by atoms with Gasteiger partial charge in [-0.2, -0.15) is 5.10 Å². The minimum absolute atomic E-state index is 0.228. The molecule has 43 heavy (non-hydrogen) atoms.